The van der Waals surface area contributed by atoms with Gasteiger partial charge in [0.05, 0.1) is 11.9 Å². The normalized spacial score (nSPS) is 11.0. The predicted molar refractivity (Wildman–Crippen MR) is 118 cm³/mol. The van der Waals surface area contributed by atoms with E-state index in [2.05, 4.69) is 39.7 Å². The second-order valence-electron chi connectivity index (χ2n) is 7.02. The predicted octanol–water partition coefficient (Wildman–Crippen LogP) is 6.17. The van der Waals surface area contributed by atoms with Gasteiger partial charge in [-0.25, -0.2) is 9.07 Å². The van der Waals surface area contributed by atoms with Gasteiger partial charge in [-0.2, -0.15) is 0 Å². The summed E-state index contributed by atoms with van der Waals surface area (Å²) in [5.41, 5.74) is 6.98. The van der Waals surface area contributed by atoms with Crippen LogP contribution in [0.4, 0.5) is 4.39 Å². The number of hydrogen-bond donors (Lipinski definition) is 0. The zero-order valence-electron chi connectivity index (χ0n) is 16.2. The molecule has 0 spiro atoms. The molecular formula is C24H17FN4S. The van der Waals surface area contributed by atoms with Crippen molar-refractivity contribution in [2.24, 2.45) is 0 Å². The van der Waals surface area contributed by atoms with Crippen molar-refractivity contribution >= 4 is 11.3 Å². The molecule has 30 heavy (non-hydrogen) atoms. The third-order valence-corrected chi connectivity index (χ3v) is 5.79. The lowest BCUT2D eigenvalue weighted by atomic mass is 10.0. The molecule has 5 aromatic rings. The van der Waals surface area contributed by atoms with Crippen molar-refractivity contribution in [3.63, 3.8) is 0 Å². The molecule has 2 aromatic carbocycles. The van der Waals surface area contributed by atoms with E-state index in [9.17, 15) is 4.39 Å². The average Bonchev–Trinajstić information content (AvgIpc) is 3.44. The van der Waals surface area contributed by atoms with Crippen LogP contribution < -0.4 is 0 Å². The monoisotopic (exact) mass is 412 g/mol. The summed E-state index contributed by atoms with van der Waals surface area (Å²) in [5.74, 6) is -0.234. The largest absolute Gasteiger partial charge is 0.256 e. The zero-order chi connectivity index (χ0) is 20.5. The van der Waals surface area contributed by atoms with Gasteiger partial charge in [-0.05, 0) is 53.9 Å². The highest BCUT2D eigenvalue weighted by molar-refractivity contribution is 7.13. The molecule has 0 N–H and O–H groups in total. The molecule has 4 nitrogen and oxygen atoms in total. The number of hydrogen-bond acceptors (Lipinski definition) is 4. The Morgan fingerprint density at radius 1 is 0.800 bits per heavy atom. The van der Waals surface area contributed by atoms with Crippen LogP contribution in [-0.4, -0.2) is 20.0 Å². The lowest BCUT2D eigenvalue weighted by molar-refractivity contribution is 0.628. The van der Waals surface area contributed by atoms with Crippen LogP contribution in [0.25, 0.3) is 38.6 Å². The first-order chi connectivity index (χ1) is 14.7. The van der Waals surface area contributed by atoms with Crippen LogP contribution in [-0.2, 0) is 0 Å². The molecule has 146 valence electrons. The molecule has 0 atom stereocenters. The Labute approximate surface area is 177 Å². The Hall–Kier alpha value is -3.64. The van der Waals surface area contributed by atoms with Crippen molar-refractivity contribution in [2.75, 3.05) is 0 Å². The molecule has 0 aliphatic heterocycles. The fourth-order valence-corrected chi connectivity index (χ4v) is 4.08. The minimum atomic E-state index is -0.234. The maximum absolute atomic E-state index is 13.1. The number of nitrogens with zero attached hydrogens (tertiary/aromatic N) is 4. The van der Waals surface area contributed by atoms with Gasteiger partial charge in [-0.1, -0.05) is 41.6 Å². The number of pyridine rings is 1. The van der Waals surface area contributed by atoms with Crippen LogP contribution in [0.15, 0.2) is 84.5 Å². The number of benzene rings is 2. The number of aryl methyl sites for hydroxylation is 1. The minimum absolute atomic E-state index is 0.234. The van der Waals surface area contributed by atoms with Crippen LogP contribution in [0.1, 0.15) is 5.56 Å². The number of thiophene rings is 1. The summed E-state index contributed by atoms with van der Waals surface area (Å²) in [6, 6.07) is 20.6. The molecule has 0 unspecified atom stereocenters. The van der Waals surface area contributed by atoms with E-state index in [1.807, 2.05) is 42.7 Å². The van der Waals surface area contributed by atoms with Crippen molar-refractivity contribution in [3.8, 4) is 38.6 Å². The molecular weight excluding hydrogens is 395 g/mol. The summed E-state index contributed by atoms with van der Waals surface area (Å²) in [4.78, 5) is 4.45. The van der Waals surface area contributed by atoms with Gasteiger partial charge in [0.15, 0.2) is 0 Å². The topological polar surface area (TPSA) is 43.6 Å². The van der Waals surface area contributed by atoms with Crippen LogP contribution in [0.2, 0.25) is 0 Å². The molecule has 0 fully saturated rings. The van der Waals surface area contributed by atoms with Crippen molar-refractivity contribution < 1.29 is 4.39 Å². The summed E-state index contributed by atoms with van der Waals surface area (Å²) in [7, 11) is 0. The summed E-state index contributed by atoms with van der Waals surface area (Å²) in [6.07, 6.45) is 3.75. The van der Waals surface area contributed by atoms with Crippen molar-refractivity contribution in [1.29, 1.82) is 0 Å². The molecule has 0 bridgehead atoms. The first-order valence-corrected chi connectivity index (χ1v) is 10.3. The van der Waals surface area contributed by atoms with E-state index in [-0.39, 0.29) is 5.82 Å². The van der Waals surface area contributed by atoms with Crippen LogP contribution in [0.5, 0.6) is 0 Å². The van der Waals surface area contributed by atoms with Gasteiger partial charge >= 0.3 is 0 Å². The highest BCUT2D eigenvalue weighted by Gasteiger charge is 2.10. The third kappa shape index (κ3) is 3.65. The highest BCUT2D eigenvalue weighted by Crippen LogP contribution is 2.28. The van der Waals surface area contributed by atoms with Gasteiger partial charge in [-0.15, -0.1) is 16.4 Å². The summed E-state index contributed by atoms with van der Waals surface area (Å²) < 4.78 is 14.9. The molecule has 0 aliphatic carbocycles. The second kappa shape index (κ2) is 7.65. The Bertz CT molecular complexity index is 1300. The summed E-state index contributed by atoms with van der Waals surface area (Å²) >= 11 is 1.60. The smallest absolute Gasteiger partial charge is 0.123 e. The minimum Gasteiger partial charge on any atom is -0.256 e. The van der Waals surface area contributed by atoms with Crippen LogP contribution in [0, 0.1) is 12.7 Å². The number of aromatic nitrogens is 4. The zero-order valence-corrected chi connectivity index (χ0v) is 17.0. The molecule has 6 heteroatoms. The summed E-state index contributed by atoms with van der Waals surface area (Å²) in [5, 5.41) is 11.7. The third-order valence-electron chi connectivity index (χ3n) is 4.87. The number of rotatable bonds is 4. The lowest BCUT2D eigenvalue weighted by Gasteiger charge is -2.02. The number of halogens is 1. The fraction of sp³-hybridized carbons (Fsp3) is 0.0417. The van der Waals surface area contributed by atoms with Gasteiger partial charge < -0.3 is 0 Å². The SMILES string of the molecule is Cc1ccnc(-c2csc(-n3cc(-c4ccc(-c5ccc(F)cc5)cc4)nn3)c2)c1. The molecule has 0 saturated carbocycles. The van der Waals surface area contributed by atoms with Gasteiger partial charge in [0.25, 0.3) is 0 Å². The Kier molecular flexibility index (Phi) is 4.69. The van der Waals surface area contributed by atoms with E-state index < -0.39 is 0 Å². The van der Waals surface area contributed by atoms with Crippen molar-refractivity contribution in [2.45, 2.75) is 6.92 Å². The molecule has 0 aliphatic rings. The highest BCUT2D eigenvalue weighted by atomic mass is 32.1. The van der Waals surface area contributed by atoms with E-state index in [1.54, 1.807) is 28.2 Å². The van der Waals surface area contributed by atoms with E-state index in [1.165, 1.54) is 17.7 Å². The van der Waals surface area contributed by atoms with Gasteiger partial charge in [0.1, 0.15) is 16.5 Å². The maximum Gasteiger partial charge on any atom is 0.123 e. The fourth-order valence-electron chi connectivity index (χ4n) is 3.25. The van der Waals surface area contributed by atoms with Crippen molar-refractivity contribution in [1.82, 2.24) is 20.0 Å². The first kappa shape index (κ1) is 18.4. The average molecular weight is 412 g/mol. The lowest BCUT2D eigenvalue weighted by Crippen LogP contribution is -1.90. The Morgan fingerprint density at radius 3 is 2.23 bits per heavy atom. The summed E-state index contributed by atoms with van der Waals surface area (Å²) in [6.45, 7) is 2.06. The molecule has 5 rings (SSSR count). The van der Waals surface area contributed by atoms with Crippen LogP contribution in [0.3, 0.4) is 0 Å². The Balaban J connectivity index is 1.39. The maximum atomic E-state index is 13.1. The molecule has 0 saturated heterocycles. The second-order valence-corrected chi connectivity index (χ2v) is 7.91. The Morgan fingerprint density at radius 2 is 1.50 bits per heavy atom. The quantitative estimate of drug-likeness (QED) is 0.354. The van der Waals surface area contributed by atoms with Crippen molar-refractivity contribution in [3.05, 3.63) is 95.9 Å². The van der Waals surface area contributed by atoms with E-state index in [0.29, 0.717) is 0 Å². The standard InChI is InChI=1S/C24H17FN4S/c1-16-10-11-26-22(12-16)20-13-24(30-15-20)29-14-23(27-28-29)19-4-2-17(3-5-19)18-6-8-21(25)9-7-18/h2-15H,1H3. The first-order valence-electron chi connectivity index (χ1n) is 9.46. The molecule has 3 aromatic heterocycles. The van der Waals surface area contributed by atoms with Crippen LogP contribution >= 0.6 is 11.3 Å². The van der Waals surface area contributed by atoms with E-state index in [0.717, 1.165) is 38.6 Å². The van der Waals surface area contributed by atoms with Gasteiger partial charge in [0, 0.05) is 22.7 Å². The molecule has 3 heterocycles. The van der Waals surface area contributed by atoms with E-state index >= 15 is 0 Å². The molecule has 0 radical (unpaired) electrons. The van der Waals surface area contributed by atoms with Gasteiger partial charge in [0.2, 0.25) is 0 Å². The van der Waals surface area contributed by atoms with E-state index in [4.69, 9.17) is 0 Å². The van der Waals surface area contributed by atoms with Gasteiger partial charge in [-0.3, -0.25) is 4.98 Å². The molecule has 0 amide bonds.